The second-order valence-electron chi connectivity index (χ2n) is 7.26. The maximum atomic E-state index is 13.0. The minimum Gasteiger partial charge on any atom is -0.507 e. The van der Waals surface area contributed by atoms with Gasteiger partial charge in [0.1, 0.15) is 11.5 Å². The second kappa shape index (κ2) is 10.2. The molecule has 1 aromatic heterocycles. The summed E-state index contributed by atoms with van der Waals surface area (Å²) in [5.74, 6) is -0.785. The maximum absolute atomic E-state index is 13.0. The van der Waals surface area contributed by atoms with Crippen LogP contribution in [0.2, 0.25) is 0 Å². The Morgan fingerprint density at radius 2 is 1.71 bits per heavy atom. The quantitative estimate of drug-likeness (QED) is 0.379. The number of likely N-dealkylation sites (N-methyl/N-ethyl adjacent to an activating group) is 1. The zero-order valence-corrected chi connectivity index (χ0v) is 18.2. The topological polar surface area (TPSA) is 83.0 Å². The van der Waals surface area contributed by atoms with E-state index in [0.717, 1.165) is 18.7 Å². The van der Waals surface area contributed by atoms with Gasteiger partial charge in [-0.25, -0.2) is 0 Å². The number of aromatic nitrogens is 1. The molecule has 1 saturated heterocycles. The average molecular weight is 424 g/mol. The van der Waals surface area contributed by atoms with Crippen LogP contribution in [0.4, 0.5) is 0 Å². The molecule has 2 heterocycles. The van der Waals surface area contributed by atoms with Gasteiger partial charge in [0, 0.05) is 31.0 Å². The van der Waals surface area contributed by atoms with Crippen LogP contribution in [0.15, 0.2) is 54.4 Å². The van der Waals surface area contributed by atoms with Gasteiger partial charge in [0.05, 0.1) is 18.2 Å². The zero-order chi connectivity index (χ0) is 22.4. The predicted octanol–water partition coefficient (Wildman–Crippen LogP) is 3.24. The third kappa shape index (κ3) is 4.77. The summed E-state index contributed by atoms with van der Waals surface area (Å²) in [6, 6.07) is 9.72. The van der Waals surface area contributed by atoms with Crippen LogP contribution in [0.25, 0.3) is 5.76 Å². The first-order valence-corrected chi connectivity index (χ1v) is 10.7. The number of ketones is 1. The van der Waals surface area contributed by atoms with Gasteiger partial charge in [0.2, 0.25) is 0 Å². The van der Waals surface area contributed by atoms with Gasteiger partial charge in [-0.1, -0.05) is 13.8 Å². The number of hydrogen-bond donors (Lipinski definition) is 1. The Morgan fingerprint density at radius 3 is 2.29 bits per heavy atom. The van der Waals surface area contributed by atoms with Crippen molar-refractivity contribution >= 4 is 17.4 Å². The molecule has 31 heavy (non-hydrogen) atoms. The van der Waals surface area contributed by atoms with E-state index < -0.39 is 17.7 Å². The number of nitrogens with zero attached hydrogens (tertiary/aromatic N) is 3. The molecule has 1 amide bonds. The number of ether oxygens (including phenoxy) is 1. The van der Waals surface area contributed by atoms with Crippen molar-refractivity contribution in [2.75, 3.05) is 32.8 Å². The van der Waals surface area contributed by atoms with E-state index in [1.54, 1.807) is 53.7 Å². The first-order valence-electron chi connectivity index (χ1n) is 10.7. The molecule has 1 fully saturated rings. The van der Waals surface area contributed by atoms with Crippen molar-refractivity contribution in [1.82, 2.24) is 14.8 Å². The van der Waals surface area contributed by atoms with Crippen molar-refractivity contribution in [3.05, 3.63) is 65.5 Å². The fourth-order valence-corrected chi connectivity index (χ4v) is 3.82. The van der Waals surface area contributed by atoms with Gasteiger partial charge in [-0.2, -0.15) is 0 Å². The van der Waals surface area contributed by atoms with E-state index in [0.29, 0.717) is 31.0 Å². The Kier molecular flexibility index (Phi) is 7.41. The van der Waals surface area contributed by atoms with Crippen LogP contribution in [0.3, 0.4) is 0 Å². The van der Waals surface area contributed by atoms with Gasteiger partial charge in [-0.3, -0.25) is 14.6 Å². The van der Waals surface area contributed by atoms with Crippen LogP contribution in [-0.4, -0.2) is 64.4 Å². The van der Waals surface area contributed by atoms with Crippen molar-refractivity contribution in [2.45, 2.75) is 26.8 Å². The lowest BCUT2D eigenvalue weighted by Gasteiger charge is -2.28. The molecule has 1 N–H and O–H groups in total. The predicted molar refractivity (Wildman–Crippen MR) is 119 cm³/mol. The highest BCUT2D eigenvalue weighted by Crippen LogP contribution is 2.39. The second-order valence-corrected chi connectivity index (χ2v) is 7.26. The highest BCUT2D eigenvalue weighted by Gasteiger charge is 2.45. The largest absolute Gasteiger partial charge is 0.507 e. The van der Waals surface area contributed by atoms with Crippen molar-refractivity contribution in [2.24, 2.45) is 0 Å². The Hall–Kier alpha value is -3.19. The van der Waals surface area contributed by atoms with Gasteiger partial charge < -0.3 is 19.6 Å². The number of pyridine rings is 1. The number of carbonyl (C=O) groups excluding carboxylic acids is 2. The maximum Gasteiger partial charge on any atom is 0.295 e. The summed E-state index contributed by atoms with van der Waals surface area (Å²) in [5, 5.41) is 11.1. The van der Waals surface area contributed by atoms with Crippen LogP contribution in [0.1, 0.15) is 37.9 Å². The van der Waals surface area contributed by atoms with Crippen molar-refractivity contribution < 1.29 is 19.4 Å². The molecular formula is C24H29N3O4. The van der Waals surface area contributed by atoms with Crippen molar-refractivity contribution in [1.29, 1.82) is 0 Å². The third-order valence-corrected chi connectivity index (χ3v) is 5.55. The summed E-state index contributed by atoms with van der Waals surface area (Å²) in [4.78, 5) is 33.7. The first kappa shape index (κ1) is 22.5. The van der Waals surface area contributed by atoms with Gasteiger partial charge in [-0.05, 0) is 62.0 Å². The lowest BCUT2D eigenvalue weighted by molar-refractivity contribution is -0.140. The van der Waals surface area contributed by atoms with Crippen LogP contribution >= 0.6 is 0 Å². The summed E-state index contributed by atoms with van der Waals surface area (Å²) in [6.07, 6.45) is 3.24. The molecule has 1 aliphatic rings. The van der Waals surface area contributed by atoms with Crippen LogP contribution in [0, 0.1) is 0 Å². The Bertz CT molecular complexity index is 937. The molecule has 0 radical (unpaired) electrons. The number of amides is 1. The lowest BCUT2D eigenvalue weighted by atomic mass is 9.96. The molecule has 1 aromatic carbocycles. The van der Waals surface area contributed by atoms with E-state index in [4.69, 9.17) is 4.74 Å². The van der Waals surface area contributed by atoms with E-state index in [9.17, 15) is 14.7 Å². The summed E-state index contributed by atoms with van der Waals surface area (Å²) in [5.41, 5.74) is 1.30. The van der Waals surface area contributed by atoms with Gasteiger partial charge in [-0.15, -0.1) is 0 Å². The molecule has 1 atom stereocenters. The van der Waals surface area contributed by atoms with Crippen LogP contribution in [0.5, 0.6) is 5.75 Å². The standard InChI is InChI=1S/C24H29N3O4/c1-4-26(5-2)15-16-27-21(17-11-13-25-14-12-17)20(23(29)24(27)30)22(28)18-7-9-19(10-8-18)31-6-3/h7-14,21,28H,4-6,15-16H2,1-3H3/b22-20-. The van der Waals surface area contributed by atoms with E-state index >= 15 is 0 Å². The Labute approximate surface area is 183 Å². The SMILES string of the molecule is CCOc1ccc(/C(O)=C2/C(=O)C(=O)N(CCN(CC)CC)C2c2ccncc2)cc1. The van der Waals surface area contributed by atoms with Gasteiger partial charge in [0.25, 0.3) is 11.7 Å². The molecule has 1 aliphatic heterocycles. The molecular weight excluding hydrogens is 394 g/mol. The molecule has 7 heteroatoms. The minimum absolute atomic E-state index is 0.0971. The molecule has 7 nitrogen and oxygen atoms in total. The molecule has 0 saturated carbocycles. The minimum atomic E-state index is -0.673. The summed E-state index contributed by atoms with van der Waals surface area (Å²) >= 11 is 0. The Morgan fingerprint density at radius 1 is 1.06 bits per heavy atom. The number of Topliss-reactive ketones (excluding diaryl/α,β-unsaturated/α-hetero) is 1. The highest BCUT2D eigenvalue weighted by atomic mass is 16.5. The van der Waals surface area contributed by atoms with Crippen LogP contribution in [-0.2, 0) is 9.59 Å². The summed E-state index contributed by atoms with van der Waals surface area (Å²) in [6.45, 7) is 9.28. The molecule has 0 bridgehead atoms. The fourth-order valence-electron chi connectivity index (χ4n) is 3.82. The molecule has 0 aliphatic carbocycles. The number of aliphatic hydroxyl groups excluding tert-OH is 1. The smallest absolute Gasteiger partial charge is 0.295 e. The zero-order valence-electron chi connectivity index (χ0n) is 18.2. The van der Waals surface area contributed by atoms with Crippen molar-refractivity contribution in [3.8, 4) is 5.75 Å². The van der Waals surface area contributed by atoms with Crippen molar-refractivity contribution in [3.63, 3.8) is 0 Å². The van der Waals surface area contributed by atoms with E-state index in [1.165, 1.54) is 0 Å². The van der Waals surface area contributed by atoms with E-state index in [2.05, 4.69) is 23.7 Å². The first-order chi connectivity index (χ1) is 15.0. The van der Waals surface area contributed by atoms with Gasteiger partial charge in [0.15, 0.2) is 0 Å². The Balaban J connectivity index is 2.03. The number of likely N-dealkylation sites (tertiary alicyclic amines) is 1. The normalized spacial score (nSPS) is 18.1. The fraction of sp³-hybridized carbons (Fsp3) is 0.375. The number of rotatable bonds is 9. The van der Waals surface area contributed by atoms with Crippen LogP contribution < -0.4 is 4.74 Å². The van der Waals surface area contributed by atoms with E-state index in [-0.39, 0.29) is 11.3 Å². The number of hydrogen-bond acceptors (Lipinski definition) is 6. The summed E-state index contributed by atoms with van der Waals surface area (Å²) in [7, 11) is 0. The number of carbonyl (C=O) groups is 2. The molecule has 1 unspecified atom stereocenters. The average Bonchev–Trinajstić information content (AvgIpc) is 3.05. The molecule has 164 valence electrons. The van der Waals surface area contributed by atoms with Gasteiger partial charge >= 0.3 is 0 Å². The highest BCUT2D eigenvalue weighted by molar-refractivity contribution is 6.46. The molecule has 3 rings (SSSR count). The molecule has 0 spiro atoms. The molecule has 2 aromatic rings. The number of benzene rings is 1. The van der Waals surface area contributed by atoms with E-state index in [1.807, 2.05) is 6.92 Å². The lowest BCUT2D eigenvalue weighted by Crippen LogP contribution is -2.38. The summed E-state index contributed by atoms with van der Waals surface area (Å²) < 4.78 is 5.45. The monoisotopic (exact) mass is 423 g/mol. The number of aliphatic hydroxyl groups is 1. The third-order valence-electron chi connectivity index (χ3n) is 5.55.